The molecule has 0 aromatic carbocycles. The number of ether oxygens (including phenoxy) is 1. The van der Waals surface area contributed by atoms with E-state index >= 15 is 0 Å². The average Bonchev–Trinajstić information content (AvgIpc) is 3.13. The summed E-state index contributed by atoms with van der Waals surface area (Å²) in [5, 5.41) is 9.42. The Morgan fingerprint density at radius 1 is 1.40 bits per heavy atom. The van der Waals surface area contributed by atoms with Gasteiger partial charge in [-0.25, -0.2) is 9.78 Å². The molecule has 164 valence electrons. The summed E-state index contributed by atoms with van der Waals surface area (Å²) < 4.78 is 36.0. The molecule has 3 N–H and O–H groups in total. The van der Waals surface area contributed by atoms with Gasteiger partial charge in [0.05, 0.1) is 7.11 Å². The average molecular weight is 484 g/mol. The highest BCUT2D eigenvalue weighted by Gasteiger charge is 2.58. The SMILES string of the molecule is CON=C(C(=O)N[C@@H]1C(=O)N(S(=O)(=O)O)[C@H]1C(=O)OC)c1csc(NC(=O)CCl)n1. The van der Waals surface area contributed by atoms with Crippen molar-refractivity contribution in [2.45, 2.75) is 12.1 Å². The van der Waals surface area contributed by atoms with Gasteiger partial charge in [0.15, 0.2) is 16.9 Å². The summed E-state index contributed by atoms with van der Waals surface area (Å²) in [5.41, 5.74) is -0.501. The predicted octanol–water partition coefficient (Wildman–Crippen LogP) is -1.66. The molecule has 14 nitrogen and oxygen atoms in total. The molecule has 0 bridgehead atoms. The van der Waals surface area contributed by atoms with E-state index in [0.29, 0.717) is 0 Å². The van der Waals surface area contributed by atoms with Crippen LogP contribution in [0.2, 0.25) is 0 Å². The Kier molecular flexibility index (Phi) is 7.30. The van der Waals surface area contributed by atoms with Crippen molar-refractivity contribution in [3.8, 4) is 0 Å². The minimum Gasteiger partial charge on any atom is -0.467 e. The normalized spacial score (nSPS) is 19.0. The lowest BCUT2D eigenvalue weighted by Gasteiger charge is -2.41. The quantitative estimate of drug-likeness (QED) is 0.0961. The summed E-state index contributed by atoms with van der Waals surface area (Å²) in [7, 11) is -3.01. The molecule has 1 saturated heterocycles. The minimum absolute atomic E-state index is 0.0581. The zero-order chi connectivity index (χ0) is 22.6. The Bertz CT molecular complexity index is 1010. The number of hydrogen-bond donors (Lipinski definition) is 3. The van der Waals surface area contributed by atoms with Crippen LogP contribution in [0.1, 0.15) is 5.69 Å². The molecule has 2 rings (SSSR count). The number of thiazole rings is 1. The van der Waals surface area contributed by atoms with Gasteiger partial charge in [0.1, 0.15) is 24.7 Å². The highest BCUT2D eigenvalue weighted by molar-refractivity contribution is 7.84. The summed E-state index contributed by atoms with van der Waals surface area (Å²) in [4.78, 5) is 56.4. The number of carbonyl (C=O) groups is 4. The second-order valence-electron chi connectivity index (χ2n) is 5.37. The number of nitrogens with one attached hydrogen (secondary N) is 2. The third-order valence-electron chi connectivity index (χ3n) is 3.54. The van der Waals surface area contributed by atoms with Crippen molar-refractivity contribution in [1.29, 1.82) is 0 Å². The predicted molar refractivity (Wildman–Crippen MR) is 101 cm³/mol. The van der Waals surface area contributed by atoms with Gasteiger partial charge in [-0.05, 0) is 0 Å². The van der Waals surface area contributed by atoms with Crippen LogP contribution in [0.4, 0.5) is 5.13 Å². The lowest BCUT2D eigenvalue weighted by atomic mass is 9.98. The van der Waals surface area contributed by atoms with Crippen molar-refractivity contribution in [3.63, 3.8) is 0 Å². The van der Waals surface area contributed by atoms with Crippen LogP contribution in [-0.4, -0.2) is 83.8 Å². The lowest BCUT2D eigenvalue weighted by molar-refractivity contribution is -0.162. The molecule has 1 aromatic heterocycles. The molecule has 1 aliphatic heterocycles. The standard InChI is InChI=1S/C13H14ClN5O9S2/c1-27-12(23)9-8(11(22)19(9)30(24,25)26)17-10(21)7(18-28-2)5-4-29-13(15-5)16-6(20)3-14/h4,8-9H,3H2,1-2H3,(H,17,21)(H,15,16,20)(H,24,25,26)/t8-,9+/m0/s1. The van der Waals surface area contributed by atoms with E-state index in [1.165, 1.54) is 5.38 Å². The minimum atomic E-state index is -5.07. The smallest absolute Gasteiger partial charge is 0.363 e. The number of esters is 1. The summed E-state index contributed by atoms with van der Waals surface area (Å²) in [6, 6.07) is -3.48. The third kappa shape index (κ3) is 4.84. The van der Waals surface area contributed by atoms with E-state index in [-0.39, 0.29) is 21.0 Å². The van der Waals surface area contributed by atoms with Crippen molar-refractivity contribution >= 4 is 67.8 Å². The molecule has 0 spiro atoms. The van der Waals surface area contributed by atoms with Gasteiger partial charge in [0.25, 0.3) is 11.8 Å². The first-order valence-electron chi connectivity index (χ1n) is 7.67. The van der Waals surface area contributed by atoms with Gasteiger partial charge < -0.3 is 20.2 Å². The fraction of sp³-hybridized carbons (Fsp3) is 0.385. The Hall–Kier alpha value is -2.82. The largest absolute Gasteiger partial charge is 0.467 e. The highest BCUT2D eigenvalue weighted by atomic mass is 35.5. The number of β-lactam (4-membered cyclic amide) rings is 1. The van der Waals surface area contributed by atoms with E-state index in [1.54, 1.807) is 0 Å². The molecular weight excluding hydrogens is 470 g/mol. The molecule has 2 heterocycles. The number of carbonyl (C=O) groups excluding carboxylic acids is 4. The zero-order valence-corrected chi connectivity index (χ0v) is 17.6. The number of oxime groups is 1. The van der Waals surface area contributed by atoms with Gasteiger partial charge in [0, 0.05) is 5.38 Å². The first-order chi connectivity index (χ1) is 14.0. The first kappa shape index (κ1) is 23.5. The van der Waals surface area contributed by atoms with Gasteiger partial charge in [-0.15, -0.1) is 22.9 Å². The summed E-state index contributed by atoms with van der Waals surface area (Å²) in [5.74, 6) is -4.39. The van der Waals surface area contributed by atoms with Gasteiger partial charge >= 0.3 is 16.3 Å². The number of amides is 3. The van der Waals surface area contributed by atoms with Gasteiger partial charge in [0.2, 0.25) is 5.91 Å². The Balaban J connectivity index is 2.25. The molecule has 0 unspecified atom stereocenters. The molecule has 30 heavy (non-hydrogen) atoms. The maximum atomic E-state index is 12.6. The van der Waals surface area contributed by atoms with Crippen molar-refractivity contribution in [3.05, 3.63) is 11.1 Å². The van der Waals surface area contributed by atoms with E-state index in [0.717, 1.165) is 25.6 Å². The van der Waals surface area contributed by atoms with Crippen LogP contribution < -0.4 is 10.6 Å². The van der Waals surface area contributed by atoms with Crippen molar-refractivity contribution in [1.82, 2.24) is 14.6 Å². The Morgan fingerprint density at radius 2 is 2.07 bits per heavy atom. The zero-order valence-electron chi connectivity index (χ0n) is 15.2. The van der Waals surface area contributed by atoms with Crippen molar-refractivity contribution < 1.29 is 41.7 Å². The first-order valence-corrected chi connectivity index (χ1v) is 10.5. The van der Waals surface area contributed by atoms with Crippen LogP contribution in [0.15, 0.2) is 10.5 Å². The van der Waals surface area contributed by atoms with E-state index in [9.17, 15) is 27.6 Å². The van der Waals surface area contributed by atoms with Gasteiger partial charge in [-0.3, -0.25) is 18.9 Å². The van der Waals surface area contributed by atoms with E-state index in [2.05, 4.69) is 30.3 Å². The topological polar surface area (TPSA) is 194 Å². The van der Waals surface area contributed by atoms with Crippen LogP contribution in [-0.2, 0) is 39.1 Å². The molecular formula is C13H14ClN5O9S2. The molecule has 0 radical (unpaired) electrons. The summed E-state index contributed by atoms with van der Waals surface area (Å²) >= 11 is 6.32. The monoisotopic (exact) mass is 483 g/mol. The second kappa shape index (κ2) is 9.33. The highest BCUT2D eigenvalue weighted by Crippen LogP contribution is 2.25. The lowest BCUT2D eigenvalue weighted by Crippen LogP contribution is -2.74. The number of halogens is 1. The molecule has 0 aliphatic carbocycles. The maximum Gasteiger partial charge on any atom is 0.363 e. The van der Waals surface area contributed by atoms with Crippen LogP contribution in [0.5, 0.6) is 0 Å². The molecule has 1 fully saturated rings. The van der Waals surface area contributed by atoms with E-state index < -0.39 is 51.8 Å². The number of rotatable bonds is 8. The maximum absolute atomic E-state index is 12.6. The number of aromatic nitrogens is 1. The molecule has 0 saturated carbocycles. The molecule has 1 aliphatic rings. The number of nitrogens with zero attached hydrogens (tertiary/aromatic N) is 3. The van der Waals surface area contributed by atoms with Crippen molar-refractivity contribution in [2.75, 3.05) is 25.4 Å². The molecule has 3 amide bonds. The fourth-order valence-corrected chi connectivity index (χ4v) is 3.92. The number of alkyl halides is 1. The van der Waals surface area contributed by atoms with Crippen LogP contribution in [0, 0.1) is 0 Å². The third-order valence-corrected chi connectivity index (χ3v) is 5.45. The number of methoxy groups -OCH3 is 1. The van der Waals surface area contributed by atoms with E-state index in [4.69, 9.17) is 16.2 Å². The van der Waals surface area contributed by atoms with Crippen LogP contribution in [0.3, 0.4) is 0 Å². The molecule has 17 heteroatoms. The Labute approximate surface area is 178 Å². The van der Waals surface area contributed by atoms with Crippen LogP contribution >= 0.6 is 22.9 Å². The van der Waals surface area contributed by atoms with Crippen molar-refractivity contribution in [2.24, 2.45) is 5.16 Å². The summed E-state index contributed by atoms with van der Waals surface area (Å²) in [6.07, 6.45) is 0. The molecule has 1 aromatic rings. The molecule has 2 atom stereocenters. The van der Waals surface area contributed by atoms with E-state index in [1.807, 2.05) is 0 Å². The Morgan fingerprint density at radius 3 is 2.60 bits per heavy atom. The number of anilines is 1. The van der Waals surface area contributed by atoms with Gasteiger partial charge in [-0.1, -0.05) is 5.16 Å². The second-order valence-corrected chi connectivity index (χ2v) is 7.79. The fourth-order valence-electron chi connectivity index (χ4n) is 2.31. The summed E-state index contributed by atoms with van der Waals surface area (Å²) in [6.45, 7) is 0. The number of hydrogen-bond acceptors (Lipinski definition) is 11. The van der Waals surface area contributed by atoms with Crippen LogP contribution in [0.25, 0.3) is 0 Å². The van der Waals surface area contributed by atoms with Gasteiger partial charge in [-0.2, -0.15) is 12.7 Å².